The lowest BCUT2D eigenvalue weighted by atomic mass is 10.1. The van der Waals surface area contributed by atoms with E-state index in [9.17, 15) is 18.4 Å². The van der Waals surface area contributed by atoms with Crippen LogP contribution in [0.15, 0.2) is 24.4 Å². The highest BCUT2D eigenvalue weighted by Crippen LogP contribution is 2.39. The summed E-state index contributed by atoms with van der Waals surface area (Å²) in [6.07, 6.45) is 5.55. The van der Waals surface area contributed by atoms with Crippen molar-refractivity contribution in [3.63, 3.8) is 0 Å². The molecule has 1 saturated carbocycles. The predicted molar refractivity (Wildman–Crippen MR) is 122 cm³/mol. The summed E-state index contributed by atoms with van der Waals surface area (Å²) in [5.41, 5.74) is 2.42. The van der Waals surface area contributed by atoms with Crippen LogP contribution < -0.4 is 20.4 Å². The molecule has 0 radical (unpaired) electrons. The first kappa shape index (κ1) is 22.9. The first-order chi connectivity index (χ1) is 15.7. The van der Waals surface area contributed by atoms with Gasteiger partial charge >= 0.3 is 5.92 Å². The number of amides is 2. The Morgan fingerprint density at radius 3 is 2.67 bits per heavy atom. The Morgan fingerprint density at radius 2 is 2.00 bits per heavy atom. The third-order valence-electron chi connectivity index (χ3n) is 6.36. The minimum Gasteiger partial charge on any atom is -0.355 e. The number of nitrogens with zero attached hydrogens (tertiary/aromatic N) is 4. The molecular formula is C23H28F2N6O2. The standard InChI is InChI=1S/C23H28F2N6O2/c1-4-14-11-15(20(32)26-2)9-10-17(14)28-22-27-12-18-19(29-22)31(16-7-5-6-8-16)13-23(24,25)21(33)30(18)3/h9-12,16H,4-8,13H2,1-3H3,(H,26,32)(H,27,28,29). The minimum atomic E-state index is -3.52. The van der Waals surface area contributed by atoms with Crippen molar-refractivity contribution in [3.05, 3.63) is 35.5 Å². The Hall–Kier alpha value is -3.30. The molecule has 4 rings (SSSR count). The topological polar surface area (TPSA) is 90.5 Å². The molecule has 2 aliphatic rings. The van der Waals surface area contributed by atoms with Crippen molar-refractivity contribution >= 4 is 35.0 Å². The molecule has 0 atom stereocenters. The summed E-state index contributed by atoms with van der Waals surface area (Å²) in [6, 6.07) is 5.16. The molecule has 2 amide bonds. The summed E-state index contributed by atoms with van der Waals surface area (Å²) >= 11 is 0. The van der Waals surface area contributed by atoms with Gasteiger partial charge in [-0.1, -0.05) is 19.8 Å². The molecule has 2 N–H and O–H groups in total. The molecule has 0 saturated heterocycles. The number of fused-ring (bicyclic) bond motifs is 1. The van der Waals surface area contributed by atoms with Crippen LogP contribution >= 0.6 is 0 Å². The summed E-state index contributed by atoms with van der Waals surface area (Å²) in [7, 11) is 2.90. The van der Waals surface area contributed by atoms with Crippen LogP contribution in [0.5, 0.6) is 0 Å². The molecule has 0 spiro atoms. The van der Waals surface area contributed by atoms with Crippen LogP contribution in [0.4, 0.5) is 31.9 Å². The van der Waals surface area contributed by atoms with E-state index in [1.807, 2.05) is 6.92 Å². The van der Waals surface area contributed by atoms with Crippen LogP contribution in [-0.2, 0) is 11.2 Å². The van der Waals surface area contributed by atoms with E-state index in [2.05, 4.69) is 20.6 Å². The number of aryl methyl sites for hydroxylation is 1. The zero-order chi connectivity index (χ0) is 23.8. The zero-order valence-electron chi connectivity index (χ0n) is 19.0. The molecule has 1 fully saturated rings. The Morgan fingerprint density at radius 1 is 1.27 bits per heavy atom. The summed E-state index contributed by atoms with van der Waals surface area (Å²) in [5.74, 6) is -4.39. The van der Waals surface area contributed by atoms with Crippen LogP contribution in [0, 0.1) is 0 Å². The molecule has 0 unspecified atom stereocenters. The highest BCUT2D eigenvalue weighted by atomic mass is 19.3. The zero-order valence-corrected chi connectivity index (χ0v) is 19.0. The Labute approximate surface area is 191 Å². The van der Waals surface area contributed by atoms with E-state index in [1.165, 1.54) is 13.2 Å². The number of hydrogen-bond donors (Lipinski definition) is 2. The molecule has 176 valence electrons. The second-order valence-electron chi connectivity index (χ2n) is 8.47. The number of benzene rings is 1. The van der Waals surface area contributed by atoms with Crippen molar-refractivity contribution in [2.24, 2.45) is 0 Å². The second-order valence-corrected chi connectivity index (χ2v) is 8.47. The van der Waals surface area contributed by atoms with E-state index in [0.717, 1.165) is 41.8 Å². The number of rotatable bonds is 5. The quantitative estimate of drug-likeness (QED) is 0.713. The number of nitrogens with one attached hydrogen (secondary N) is 2. The van der Waals surface area contributed by atoms with Crippen molar-refractivity contribution in [1.29, 1.82) is 0 Å². The number of halogens is 2. The molecule has 2 aromatic rings. The van der Waals surface area contributed by atoms with Crippen molar-refractivity contribution in [2.75, 3.05) is 35.8 Å². The summed E-state index contributed by atoms with van der Waals surface area (Å²) < 4.78 is 29.5. The van der Waals surface area contributed by atoms with Crippen molar-refractivity contribution < 1.29 is 18.4 Å². The summed E-state index contributed by atoms with van der Waals surface area (Å²) in [6.45, 7) is 1.27. The smallest absolute Gasteiger partial charge is 0.342 e. The molecule has 0 bridgehead atoms. The molecular weight excluding hydrogens is 430 g/mol. The fourth-order valence-electron chi connectivity index (χ4n) is 4.52. The molecule has 2 heterocycles. The average molecular weight is 459 g/mol. The van der Waals surface area contributed by atoms with Gasteiger partial charge in [-0.05, 0) is 43.0 Å². The second kappa shape index (κ2) is 8.92. The number of hydrogen-bond acceptors (Lipinski definition) is 6. The lowest BCUT2D eigenvalue weighted by molar-refractivity contribution is -0.140. The molecule has 33 heavy (non-hydrogen) atoms. The summed E-state index contributed by atoms with van der Waals surface area (Å²) in [5, 5.41) is 5.77. The third kappa shape index (κ3) is 4.34. The van der Waals surface area contributed by atoms with Gasteiger partial charge in [0, 0.05) is 31.4 Å². The maximum atomic E-state index is 14.7. The van der Waals surface area contributed by atoms with E-state index in [4.69, 9.17) is 0 Å². The number of carbonyl (C=O) groups is 2. The molecule has 1 aliphatic heterocycles. The van der Waals surface area contributed by atoms with Gasteiger partial charge in [0.1, 0.15) is 5.69 Å². The van der Waals surface area contributed by atoms with E-state index in [1.54, 1.807) is 30.1 Å². The van der Waals surface area contributed by atoms with Gasteiger partial charge in [0.25, 0.3) is 11.8 Å². The Bertz CT molecular complexity index is 1070. The van der Waals surface area contributed by atoms with Gasteiger partial charge in [-0.2, -0.15) is 13.8 Å². The van der Waals surface area contributed by atoms with Gasteiger partial charge in [0.05, 0.1) is 12.7 Å². The number of aromatic nitrogens is 2. The lowest BCUT2D eigenvalue weighted by Crippen LogP contribution is -2.48. The van der Waals surface area contributed by atoms with Crippen LogP contribution in [-0.4, -0.2) is 54.4 Å². The molecule has 10 heteroatoms. The number of carbonyl (C=O) groups excluding carboxylic acids is 2. The van der Waals surface area contributed by atoms with E-state index in [-0.39, 0.29) is 23.6 Å². The Balaban J connectivity index is 1.72. The van der Waals surface area contributed by atoms with Crippen LogP contribution in [0.1, 0.15) is 48.5 Å². The first-order valence-corrected chi connectivity index (χ1v) is 11.2. The number of alkyl halides is 2. The molecule has 1 aliphatic carbocycles. The monoisotopic (exact) mass is 458 g/mol. The van der Waals surface area contributed by atoms with Crippen LogP contribution in [0.3, 0.4) is 0 Å². The number of anilines is 4. The maximum absolute atomic E-state index is 14.7. The van der Waals surface area contributed by atoms with Crippen molar-refractivity contribution in [2.45, 2.75) is 51.0 Å². The molecule has 1 aromatic heterocycles. The largest absolute Gasteiger partial charge is 0.355 e. The Kier molecular flexibility index (Phi) is 6.18. The van der Waals surface area contributed by atoms with Crippen LogP contribution in [0.2, 0.25) is 0 Å². The first-order valence-electron chi connectivity index (χ1n) is 11.2. The van der Waals surface area contributed by atoms with Gasteiger partial charge in [-0.3, -0.25) is 9.59 Å². The van der Waals surface area contributed by atoms with E-state index in [0.29, 0.717) is 17.8 Å². The fraction of sp³-hybridized carbons (Fsp3) is 0.478. The molecule has 8 nitrogen and oxygen atoms in total. The third-order valence-corrected chi connectivity index (χ3v) is 6.36. The van der Waals surface area contributed by atoms with Gasteiger partial charge < -0.3 is 20.4 Å². The van der Waals surface area contributed by atoms with Gasteiger partial charge in [0.15, 0.2) is 5.82 Å². The van der Waals surface area contributed by atoms with Gasteiger partial charge in [0.2, 0.25) is 5.95 Å². The predicted octanol–water partition coefficient (Wildman–Crippen LogP) is 3.50. The van der Waals surface area contributed by atoms with Crippen LogP contribution in [0.25, 0.3) is 0 Å². The van der Waals surface area contributed by atoms with Gasteiger partial charge in [-0.25, -0.2) is 4.98 Å². The normalized spacial score (nSPS) is 18.2. The van der Waals surface area contributed by atoms with E-state index < -0.39 is 18.4 Å². The highest BCUT2D eigenvalue weighted by Gasteiger charge is 2.48. The minimum absolute atomic E-state index is 0.102. The maximum Gasteiger partial charge on any atom is 0.342 e. The van der Waals surface area contributed by atoms with Crippen molar-refractivity contribution in [1.82, 2.24) is 15.3 Å². The lowest BCUT2D eigenvalue weighted by Gasteiger charge is -2.31. The summed E-state index contributed by atoms with van der Waals surface area (Å²) in [4.78, 5) is 35.8. The molecule has 1 aromatic carbocycles. The van der Waals surface area contributed by atoms with Gasteiger partial charge in [-0.15, -0.1) is 0 Å². The van der Waals surface area contributed by atoms with Crippen molar-refractivity contribution in [3.8, 4) is 0 Å². The fourth-order valence-corrected chi connectivity index (χ4v) is 4.52. The SMILES string of the molecule is CCc1cc(C(=O)NC)ccc1Nc1ncc2c(n1)N(C1CCCC1)CC(F)(F)C(=O)N2C. The van der Waals surface area contributed by atoms with E-state index >= 15 is 0 Å². The average Bonchev–Trinajstić information content (AvgIpc) is 3.34. The highest BCUT2D eigenvalue weighted by molar-refractivity contribution is 6.02.